The first-order chi connectivity index (χ1) is 14.7. The SMILES string of the molecule is CCOc1cc(C(F)(F)F)ncc1N1CCC2N=C(c3c(F)cccc3F)C(F)C2C1. The van der Waals surface area contributed by atoms with Gasteiger partial charge in [0.2, 0.25) is 0 Å². The zero-order chi connectivity index (χ0) is 22.3. The Hall–Kier alpha value is -2.78. The Morgan fingerprint density at radius 2 is 1.90 bits per heavy atom. The number of nitrogens with zero attached hydrogens (tertiary/aromatic N) is 3. The van der Waals surface area contributed by atoms with Crippen LogP contribution in [0.3, 0.4) is 0 Å². The average molecular weight is 443 g/mol. The predicted octanol–water partition coefficient (Wildman–Crippen LogP) is 4.81. The van der Waals surface area contributed by atoms with Crippen molar-refractivity contribution in [1.82, 2.24) is 4.98 Å². The quantitative estimate of drug-likeness (QED) is 0.637. The summed E-state index contributed by atoms with van der Waals surface area (Å²) >= 11 is 0. The van der Waals surface area contributed by atoms with Gasteiger partial charge in [-0.2, -0.15) is 13.2 Å². The Labute approximate surface area is 174 Å². The smallest absolute Gasteiger partial charge is 0.433 e. The minimum atomic E-state index is -4.63. The molecule has 1 saturated heterocycles. The third kappa shape index (κ3) is 3.95. The molecule has 0 aliphatic carbocycles. The van der Waals surface area contributed by atoms with Crippen LogP contribution >= 0.6 is 0 Å². The van der Waals surface area contributed by atoms with Crippen LogP contribution in [0.1, 0.15) is 24.6 Å². The largest absolute Gasteiger partial charge is 0.492 e. The van der Waals surface area contributed by atoms with Crippen LogP contribution in [0.15, 0.2) is 35.5 Å². The normalized spacial score (nSPS) is 23.5. The fourth-order valence-corrected chi connectivity index (χ4v) is 4.13. The summed E-state index contributed by atoms with van der Waals surface area (Å²) in [5.74, 6) is -2.47. The first kappa shape index (κ1) is 21.5. The standard InChI is InChI=1S/C21H19F6N3O/c1-2-31-16-8-17(21(25,26)27)28-9-15(16)30-7-6-14-11(10-30)19(24)20(29-14)18-12(22)4-3-5-13(18)23/h3-5,8-9,11,14,19H,2,6-7,10H2,1H3. The number of benzene rings is 1. The van der Waals surface area contributed by atoms with Gasteiger partial charge in [-0.1, -0.05) is 6.07 Å². The lowest BCUT2D eigenvalue weighted by Gasteiger charge is -2.36. The molecule has 10 heteroatoms. The number of rotatable bonds is 4. The van der Waals surface area contributed by atoms with E-state index < -0.39 is 47.2 Å². The van der Waals surface area contributed by atoms with Crippen molar-refractivity contribution in [3.8, 4) is 5.75 Å². The molecule has 3 atom stereocenters. The van der Waals surface area contributed by atoms with Crippen LogP contribution < -0.4 is 9.64 Å². The Morgan fingerprint density at radius 3 is 2.55 bits per heavy atom. The summed E-state index contributed by atoms with van der Waals surface area (Å²) < 4.78 is 88.0. The first-order valence-corrected chi connectivity index (χ1v) is 9.81. The highest BCUT2D eigenvalue weighted by Gasteiger charge is 2.45. The van der Waals surface area contributed by atoms with Crippen molar-refractivity contribution < 1.29 is 31.1 Å². The molecule has 2 aliphatic heterocycles. The van der Waals surface area contributed by atoms with Crippen molar-refractivity contribution in [2.24, 2.45) is 10.9 Å². The fourth-order valence-electron chi connectivity index (χ4n) is 4.13. The second kappa shape index (κ2) is 8.05. The molecular formula is C21H19F6N3O. The molecule has 0 spiro atoms. The number of aliphatic imine (C=N–C) groups is 1. The summed E-state index contributed by atoms with van der Waals surface area (Å²) in [5.41, 5.74) is -1.50. The van der Waals surface area contributed by atoms with Crippen LogP contribution in [0.4, 0.5) is 32.0 Å². The van der Waals surface area contributed by atoms with Gasteiger partial charge in [-0.05, 0) is 25.5 Å². The third-order valence-corrected chi connectivity index (χ3v) is 5.56. The molecule has 166 valence electrons. The monoisotopic (exact) mass is 443 g/mol. The van der Waals surface area contributed by atoms with Gasteiger partial charge < -0.3 is 9.64 Å². The molecule has 0 saturated carbocycles. The number of hydrogen-bond acceptors (Lipinski definition) is 4. The molecule has 0 amide bonds. The molecule has 2 aliphatic rings. The van der Waals surface area contributed by atoms with Crippen LogP contribution in [0, 0.1) is 17.6 Å². The topological polar surface area (TPSA) is 37.7 Å². The van der Waals surface area contributed by atoms with Gasteiger partial charge in [0.05, 0.1) is 35.8 Å². The third-order valence-electron chi connectivity index (χ3n) is 5.56. The molecule has 3 unspecified atom stereocenters. The first-order valence-electron chi connectivity index (χ1n) is 9.81. The van der Waals surface area contributed by atoms with E-state index in [4.69, 9.17) is 4.74 Å². The van der Waals surface area contributed by atoms with Gasteiger partial charge >= 0.3 is 6.18 Å². The molecule has 4 nitrogen and oxygen atoms in total. The molecule has 1 fully saturated rings. The number of pyridine rings is 1. The van der Waals surface area contributed by atoms with Crippen molar-refractivity contribution in [1.29, 1.82) is 0 Å². The second-order valence-corrected chi connectivity index (χ2v) is 7.45. The van der Waals surface area contributed by atoms with E-state index in [1.165, 1.54) is 6.07 Å². The summed E-state index contributed by atoms with van der Waals surface area (Å²) in [7, 11) is 0. The molecule has 1 aromatic carbocycles. The van der Waals surface area contributed by atoms with Gasteiger partial charge in [0.1, 0.15) is 29.2 Å². The molecule has 2 aromatic rings. The van der Waals surface area contributed by atoms with Crippen LogP contribution in [0.5, 0.6) is 5.75 Å². The Balaban J connectivity index is 1.60. The molecular weight excluding hydrogens is 424 g/mol. The van der Waals surface area contributed by atoms with Gasteiger partial charge in [0, 0.05) is 25.1 Å². The summed E-state index contributed by atoms with van der Waals surface area (Å²) in [4.78, 5) is 9.43. The molecule has 4 rings (SSSR count). The lowest BCUT2D eigenvalue weighted by Crippen LogP contribution is -2.44. The molecule has 31 heavy (non-hydrogen) atoms. The van der Waals surface area contributed by atoms with E-state index in [0.717, 1.165) is 24.4 Å². The number of fused-ring (bicyclic) bond motifs is 1. The number of piperidine rings is 1. The number of alkyl halides is 4. The zero-order valence-corrected chi connectivity index (χ0v) is 16.5. The lowest BCUT2D eigenvalue weighted by molar-refractivity contribution is -0.141. The summed E-state index contributed by atoms with van der Waals surface area (Å²) in [6.45, 7) is 2.24. The Morgan fingerprint density at radius 1 is 1.19 bits per heavy atom. The molecule has 0 radical (unpaired) electrons. The highest BCUT2D eigenvalue weighted by molar-refractivity contribution is 6.05. The van der Waals surface area contributed by atoms with Crippen LogP contribution in [-0.2, 0) is 6.18 Å². The maximum atomic E-state index is 15.2. The summed E-state index contributed by atoms with van der Waals surface area (Å²) in [5, 5.41) is 0. The Kier molecular flexibility index (Phi) is 5.57. The molecule has 0 N–H and O–H groups in total. The number of anilines is 1. The summed E-state index contributed by atoms with van der Waals surface area (Å²) in [6, 6.07) is 3.63. The van der Waals surface area contributed by atoms with Crippen molar-refractivity contribution in [3.05, 3.63) is 53.4 Å². The van der Waals surface area contributed by atoms with Crippen LogP contribution in [0.2, 0.25) is 0 Å². The lowest BCUT2D eigenvalue weighted by atomic mass is 9.88. The van der Waals surface area contributed by atoms with Gasteiger partial charge in [-0.15, -0.1) is 0 Å². The molecule has 0 bridgehead atoms. The van der Waals surface area contributed by atoms with E-state index in [9.17, 15) is 22.0 Å². The van der Waals surface area contributed by atoms with E-state index in [-0.39, 0.29) is 24.6 Å². The van der Waals surface area contributed by atoms with E-state index in [1.807, 2.05) is 0 Å². The fraction of sp³-hybridized carbons (Fsp3) is 0.429. The highest BCUT2D eigenvalue weighted by atomic mass is 19.4. The number of ether oxygens (including phenoxy) is 1. The number of halogens is 6. The van der Waals surface area contributed by atoms with Crippen molar-refractivity contribution in [2.75, 3.05) is 24.6 Å². The second-order valence-electron chi connectivity index (χ2n) is 7.45. The average Bonchev–Trinajstić information content (AvgIpc) is 3.03. The minimum Gasteiger partial charge on any atom is -0.492 e. The maximum Gasteiger partial charge on any atom is 0.433 e. The zero-order valence-electron chi connectivity index (χ0n) is 16.5. The minimum absolute atomic E-state index is 0.00188. The number of hydrogen-bond donors (Lipinski definition) is 0. The predicted molar refractivity (Wildman–Crippen MR) is 102 cm³/mol. The van der Waals surface area contributed by atoms with Crippen LogP contribution in [0.25, 0.3) is 0 Å². The van der Waals surface area contributed by atoms with E-state index in [0.29, 0.717) is 18.7 Å². The molecule has 1 aromatic heterocycles. The number of aromatic nitrogens is 1. The van der Waals surface area contributed by atoms with Gasteiger partial charge in [-0.3, -0.25) is 4.99 Å². The van der Waals surface area contributed by atoms with Crippen LogP contribution in [-0.4, -0.2) is 42.6 Å². The van der Waals surface area contributed by atoms with Gasteiger partial charge in [0.15, 0.2) is 0 Å². The van der Waals surface area contributed by atoms with Gasteiger partial charge in [-0.25, -0.2) is 18.2 Å². The van der Waals surface area contributed by atoms with Gasteiger partial charge in [0.25, 0.3) is 0 Å². The van der Waals surface area contributed by atoms with E-state index >= 15 is 4.39 Å². The summed E-state index contributed by atoms with van der Waals surface area (Å²) in [6.07, 6.45) is -4.90. The Bertz CT molecular complexity index is 989. The maximum absolute atomic E-state index is 15.2. The van der Waals surface area contributed by atoms with E-state index in [2.05, 4.69) is 9.98 Å². The van der Waals surface area contributed by atoms with Crippen molar-refractivity contribution in [2.45, 2.75) is 31.7 Å². The van der Waals surface area contributed by atoms with Crippen molar-refractivity contribution >= 4 is 11.4 Å². The van der Waals surface area contributed by atoms with Crippen molar-refractivity contribution in [3.63, 3.8) is 0 Å². The highest BCUT2D eigenvalue weighted by Crippen LogP contribution is 2.40. The van der Waals surface area contributed by atoms with E-state index in [1.54, 1.807) is 11.8 Å². The molecule has 3 heterocycles.